The van der Waals surface area contributed by atoms with Crippen LogP contribution in [0.15, 0.2) is 78.9 Å². The zero-order valence-corrected chi connectivity index (χ0v) is 17.3. The monoisotopic (exact) mass is 419 g/mol. The third-order valence-corrected chi connectivity index (χ3v) is 4.31. The molecule has 0 aliphatic heterocycles. The highest BCUT2D eigenvalue weighted by Crippen LogP contribution is 2.17. The van der Waals surface area contributed by atoms with Crippen molar-refractivity contribution < 1.29 is 19.1 Å². The lowest BCUT2D eigenvalue weighted by Gasteiger charge is -2.11. The van der Waals surface area contributed by atoms with Crippen LogP contribution in [0.3, 0.4) is 0 Å². The van der Waals surface area contributed by atoms with E-state index in [1.165, 1.54) is 0 Å². The van der Waals surface area contributed by atoms with Gasteiger partial charge in [0.25, 0.3) is 5.91 Å². The molecule has 2 amide bonds. The van der Waals surface area contributed by atoms with Gasteiger partial charge in [-0.1, -0.05) is 24.3 Å². The quantitative estimate of drug-likeness (QED) is 0.438. The third-order valence-electron chi connectivity index (χ3n) is 4.31. The van der Waals surface area contributed by atoms with E-state index >= 15 is 0 Å². The van der Waals surface area contributed by atoms with Gasteiger partial charge in [0.15, 0.2) is 0 Å². The van der Waals surface area contributed by atoms with Crippen LogP contribution in [-0.2, 0) is 4.79 Å². The molecule has 0 fully saturated rings. The molecule has 3 aromatic carbocycles. The Morgan fingerprint density at radius 3 is 2.16 bits per heavy atom. The summed E-state index contributed by atoms with van der Waals surface area (Å²) in [5.74, 6) is 1.12. The SMILES string of the molecule is CNC(=O)c1ccc(NC(=O)CNc2cccc(OCCOc3ccccc3)c2)cc1. The van der Waals surface area contributed by atoms with Gasteiger partial charge < -0.3 is 25.4 Å². The van der Waals surface area contributed by atoms with Crippen LogP contribution < -0.4 is 25.4 Å². The minimum atomic E-state index is -0.199. The van der Waals surface area contributed by atoms with Crippen LogP contribution in [0.5, 0.6) is 11.5 Å². The summed E-state index contributed by atoms with van der Waals surface area (Å²) in [7, 11) is 1.57. The molecule has 0 radical (unpaired) electrons. The molecule has 0 saturated carbocycles. The molecule has 3 N–H and O–H groups in total. The van der Waals surface area contributed by atoms with E-state index in [0.717, 1.165) is 11.4 Å². The first-order valence-corrected chi connectivity index (χ1v) is 9.90. The Bertz CT molecular complexity index is 991. The fourth-order valence-electron chi connectivity index (χ4n) is 2.77. The predicted octanol–water partition coefficient (Wildman–Crippen LogP) is 3.55. The van der Waals surface area contributed by atoms with Gasteiger partial charge >= 0.3 is 0 Å². The molecule has 0 bridgehead atoms. The zero-order valence-electron chi connectivity index (χ0n) is 17.3. The van der Waals surface area contributed by atoms with Crippen molar-refractivity contribution >= 4 is 23.2 Å². The van der Waals surface area contributed by atoms with Gasteiger partial charge in [0.1, 0.15) is 24.7 Å². The highest BCUT2D eigenvalue weighted by molar-refractivity contribution is 5.96. The highest BCUT2D eigenvalue weighted by Gasteiger charge is 2.06. The maximum atomic E-state index is 12.2. The molecule has 0 aliphatic carbocycles. The van der Waals surface area contributed by atoms with Crippen molar-refractivity contribution in [2.75, 3.05) is 37.4 Å². The van der Waals surface area contributed by atoms with Crippen LogP contribution >= 0.6 is 0 Å². The lowest BCUT2D eigenvalue weighted by molar-refractivity contribution is -0.114. The first-order valence-electron chi connectivity index (χ1n) is 9.90. The number of carbonyl (C=O) groups excluding carboxylic acids is 2. The van der Waals surface area contributed by atoms with E-state index in [2.05, 4.69) is 16.0 Å². The number of benzene rings is 3. The molecule has 0 spiro atoms. The second-order valence-corrected chi connectivity index (χ2v) is 6.60. The highest BCUT2D eigenvalue weighted by atomic mass is 16.5. The first-order chi connectivity index (χ1) is 15.1. The fourth-order valence-corrected chi connectivity index (χ4v) is 2.77. The molecule has 0 aromatic heterocycles. The Kier molecular flexibility index (Phi) is 7.88. The molecule has 7 nitrogen and oxygen atoms in total. The van der Waals surface area contributed by atoms with E-state index in [-0.39, 0.29) is 18.4 Å². The van der Waals surface area contributed by atoms with E-state index < -0.39 is 0 Å². The maximum absolute atomic E-state index is 12.2. The van der Waals surface area contributed by atoms with E-state index in [1.807, 2.05) is 54.6 Å². The van der Waals surface area contributed by atoms with Gasteiger partial charge in [-0.05, 0) is 48.5 Å². The first kappa shape index (κ1) is 21.7. The van der Waals surface area contributed by atoms with Crippen molar-refractivity contribution in [2.45, 2.75) is 0 Å². The molecule has 0 unspecified atom stereocenters. The summed E-state index contributed by atoms with van der Waals surface area (Å²) >= 11 is 0. The summed E-state index contributed by atoms with van der Waals surface area (Å²) in [6.45, 7) is 0.936. The van der Waals surface area contributed by atoms with E-state index in [4.69, 9.17) is 9.47 Å². The summed E-state index contributed by atoms with van der Waals surface area (Å²) in [5, 5.41) is 8.41. The molecule has 3 rings (SSSR count). The van der Waals surface area contributed by atoms with Crippen LogP contribution in [0.2, 0.25) is 0 Å². The summed E-state index contributed by atoms with van der Waals surface area (Å²) in [6.07, 6.45) is 0. The molecular formula is C24H25N3O4. The van der Waals surface area contributed by atoms with Gasteiger partial charge in [-0.2, -0.15) is 0 Å². The molecule has 7 heteroatoms. The van der Waals surface area contributed by atoms with Crippen molar-refractivity contribution in [1.29, 1.82) is 0 Å². The van der Waals surface area contributed by atoms with Gasteiger partial charge in [-0.3, -0.25) is 9.59 Å². The number of carbonyl (C=O) groups is 2. The third kappa shape index (κ3) is 7.08. The topological polar surface area (TPSA) is 88.7 Å². The normalized spacial score (nSPS) is 10.1. The largest absolute Gasteiger partial charge is 0.490 e. The van der Waals surface area contributed by atoms with Crippen molar-refractivity contribution in [3.63, 3.8) is 0 Å². The van der Waals surface area contributed by atoms with Crippen LogP contribution in [0, 0.1) is 0 Å². The fraction of sp³-hybridized carbons (Fsp3) is 0.167. The molecule has 160 valence electrons. The van der Waals surface area contributed by atoms with Gasteiger partial charge in [0.2, 0.25) is 5.91 Å². The molecule has 3 aromatic rings. The van der Waals surface area contributed by atoms with Crippen LogP contribution in [0.1, 0.15) is 10.4 Å². The molecular weight excluding hydrogens is 394 g/mol. The molecule has 31 heavy (non-hydrogen) atoms. The lowest BCUT2D eigenvalue weighted by atomic mass is 10.2. The second kappa shape index (κ2) is 11.3. The van der Waals surface area contributed by atoms with Crippen LogP contribution in [0.25, 0.3) is 0 Å². The van der Waals surface area contributed by atoms with E-state index in [1.54, 1.807) is 31.3 Å². The van der Waals surface area contributed by atoms with E-state index in [9.17, 15) is 9.59 Å². The predicted molar refractivity (Wildman–Crippen MR) is 121 cm³/mol. The molecule has 0 atom stereocenters. The number of anilines is 2. The lowest BCUT2D eigenvalue weighted by Crippen LogP contribution is -2.22. The molecule has 0 saturated heterocycles. The molecule has 0 aliphatic rings. The molecule has 0 heterocycles. The average Bonchev–Trinajstić information content (AvgIpc) is 2.81. The van der Waals surface area contributed by atoms with Crippen LogP contribution in [0.4, 0.5) is 11.4 Å². The number of hydrogen-bond donors (Lipinski definition) is 3. The maximum Gasteiger partial charge on any atom is 0.251 e. The summed E-state index contributed by atoms with van der Waals surface area (Å²) in [5.41, 5.74) is 1.92. The number of ether oxygens (including phenoxy) is 2. The minimum Gasteiger partial charge on any atom is -0.490 e. The van der Waals surface area contributed by atoms with Crippen LogP contribution in [-0.4, -0.2) is 38.6 Å². The minimum absolute atomic E-state index is 0.0950. The second-order valence-electron chi connectivity index (χ2n) is 6.60. The standard InChI is InChI=1S/C24H25N3O4/c1-25-24(29)18-10-12-19(13-11-18)27-23(28)17-26-20-6-5-9-22(16-20)31-15-14-30-21-7-3-2-4-8-21/h2-13,16,26H,14-15,17H2,1H3,(H,25,29)(H,27,28). The van der Waals surface area contributed by atoms with Gasteiger partial charge in [0, 0.05) is 30.1 Å². The summed E-state index contributed by atoms with van der Waals surface area (Å²) in [6, 6.07) is 23.6. The van der Waals surface area contributed by atoms with Crippen molar-refractivity contribution in [3.05, 3.63) is 84.4 Å². The number of nitrogens with one attached hydrogen (secondary N) is 3. The van der Waals surface area contributed by atoms with Crippen molar-refractivity contribution in [2.24, 2.45) is 0 Å². The summed E-state index contributed by atoms with van der Waals surface area (Å²) < 4.78 is 11.3. The Morgan fingerprint density at radius 1 is 0.774 bits per heavy atom. The van der Waals surface area contributed by atoms with Crippen molar-refractivity contribution in [1.82, 2.24) is 5.32 Å². The number of hydrogen-bond acceptors (Lipinski definition) is 5. The Hall–Kier alpha value is -4.00. The summed E-state index contributed by atoms with van der Waals surface area (Å²) in [4.78, 5) is 23.7. The number of amides is 2. The average molecular weight is 419 g/mol. The van der Waals surface area contributed by atoms with Crippen molar-refractivity contribution in [3.8, 4) is 11.5 Å². The van der Waals surface area contributed by atoms with E-state index in [0.29, 0.717) is 30.2 Å². The Labute approximate surface area is 181 Å². The Morgan fingerprint density at radius 2 is 1.45 bits per heavy atom. The zero-order chi connectivity index (χ0) is 21.9. The van der Waals surface area contributed by atoms with Gasteiger partial charge in [-0.25, -0.2) is 0 Å². The van der Waals surface area contributed by atoms with Gasteiger partial charge in [0.05, 0.1) is 6.54 Å². The number of para-hydroxylation sites is 1. The Balaban J connectivity index is 1.41. The number of rotatable bonds is 10. The smallest absolute Gasteiger partial charge is 0.251 e. The van der Waals surface area contributed by atoms with Gasteiger partial charge in [-0.15, -0.1) is 0 Å².